The largest absolute Gasteiger partial charge is 0.346 e. The van der Waals surface area contributed by atoms with Gasteiger partial charge < -0.3 is 4.98 Å². The van der Waals surface area contributed by atoms with Gasteiger partial charge in [0.2, 0.25) is 0 Å². The van der Waals surface area contributed by atoms with Crippen molar-refractivity contribution in [1.82, 2.24) is 4.98 Å². The molecule has 0 atom stereocenters. The molecule has 0 radical (unpaired) electrons. The summed E-state index contributed by atoms with van der Waals surface area (Å²) in [5.74, 6) is 0. The van der Waals surface area contributed by atoms with Crippen LogP contribution in [0.2, 0.25) is 0 Å². The van der Waals surface area contributed by atoms with Gasteiger partial charge in [-0.3, -0.25) is 0 Å². The zero-order valence-corrected chi connectivity index (χ0v) is 9.05. The highest BCUT2D eigenvalue weighted by atomic mass is 35.7. The van der Waals surface area contributed by atoms with Crippen molar-refractivity contribution in [3.05, 3.63) is 12.3 Å². The lowest BCUT2D eigenvalue weighted by Crippen LogP contribution is -2.50. The first kappa shape index (κ1) is 10.5. The van der Waals surface area contributed by atoms with Crippen molar-refractivity contribution in [2.75, 3.05) is 0 Å². The summed E-state index contributed by atoms with van der Waals surface area (Å²) in [5.41, 5.74) is 1.56. The van der Waals surface area contributed by atoms with E-state index in [-0.39, 0.29) is 5.54 Å². The minimum atomic E-state index is -2.35. The molecule has 0 aliphatic rings. The van der Waals surface area contributed by atoms with Crippen LogP contribution in [0, 0.1) is 0 Å². The van der Waals surface area contributed by atoms with Crippen LogP contribution in [-0.4, -0.2) is 12.4 Å². The minimum absolute atomic E-state index is 0.0378. The van der Waals surface area contributed by atoms with Crippen LogP contribution in [0.15, 0.2) is 12.3 Å². The topological polar surface area (TPSA) is 12.0 Å². The van der Waals surface area contributed by atoms with Gasteiger partial charge in [0.15, 0.2) is 0 Å². The maximum absolute atomic E-state index is 5.88. The highest BCUT2D eigenvalue weighted by Gasteiger charge is 2.29. The summed E-state index contributed by atoms with van der Waals surface area (Å²) in [6.07, 6.45) is 0. The van der Waals surface area contributed by atoms with E-state index in [1.807, 2.05) is 20.8 Å². The maximum atomic E-state index is 5.88. The quantitative estimate of drug-likeness (QED) is 0.531. The zero-order valence-electron chi connectivity index (χ0n) is 6.54. The molecule has 0 fully saturated rings. The Morgan fingerprint density at radius 3 is 1.90 bits per heavy atom. The summed E-state index contributed by atoms with van der Waals surface area (Å²) in [7, 11) is 0. The molecule has 4 heteroatoms. The Hall–Kier alpha value is 0.497. The minimum Gasteiger partial charge on any atom is -0.306 e. The first-order chi connectivity index (χ1) is 4.27. The Morgan fingerprint density at radius 2 is 1.80 bits per heavy atom. The van der Waals surface area contributed by atoms with Crippen molar-refractivity contribution in [3.63, 3.8) is 0 Å². The lowest BCUT2D eigenvalue weighted by Gasteiger charge is -2.26. The molecule has 60 valence electrons. The fraction of sp³-hybridized carbons (Fsp3) is 0.667. The van der Waals surface area contributed by atoms with Crippen LogP contribution in [0.4, 0.5) is 0 Å². The molecule has 1 nitrogen and oxygen atoms in total. The van der Waals surface area contributed by atoms with Gasteiger partial charge >= 0.3 is 6.86 Å². The van der Waals surface area contributed by atoms with E-state index in [2.05, 4.69) is 11.6 Å². The molecule has 0 saturated heterocycles. The Labute approximate surface area is 72.9 Å². The van der Waals surface area contributed by atoms with Crippen molar-refractivity contribution >= 4 is 29.0 Å². The van der Waals surface area contributed by atoms with Gasteiger partial charge in [-0.2, -0.15) is 0 Å². The molecule has 0 rings (SSSR count). The second-order valence-electron chi connectivity index (χ2n) is 3.20. The third-order valence-corrected chi connectivity index (χ3v) is 3.89. The van der Waals surface area contributed by atoms with Gasteiger partial charge in [-0.25, -0.2) is 0 Å². The highest BCUT2D eigenvalue weighted by Crippen LogP contribution is 2.16. The van der Waals surface area contributed by atoms with E-state index in [4.69, 9.17) is 22.2 Å². The molecule has 10 heavy (non-hydrogen) atoms. The Morgan fingerprint density at radius 1 is 1.40 bits per heavy atom. The third-order valence-electron chi connectivity index (χ3n) is 0.798. The highest BCUT2D eigenvalue weighted by molar-refractivity contribution is 7.46. The van der Waals surface area contributed by atoms with Crippen LogP contribution in [-0.2, 0) is 0 Å². The van der Waals surface area contributed by atoms with Crippen molar-refractivity contribution in [2.45, 2.75) is 26.3 Å². The number of hydrogen-bond acceptors (Lipinski definition) is 1. The summed E-state index contributed by atoms with van der Waals surface area (Å²) < 4.78 is 0. The lowest BCUT2D eigenvalue weighted by atomic mass is 10.1. The van der Waals surface area contributed by atoms with Crippen molar-refractivity contribution in [1.29, 1.82) is 0 Å². The summed E-state index contributed by atoms with van der Waals surface area (Å²) in [4.78, 5) is 3.10. The molecule has 1 N–H and O–H groups in total. The molecular weight excluding hydrogens is 185 g/mol. The molecule has 0 aromatic carbocycles. The molecule has 0 unspecified atom stereocenters. The Balaban J connectivity index is 4.01. The first-order valence-corrected chi connectivity index (χ1v) is 7.18. The van der Waals surface area contributed by atoms with Crippen molar-refractivity contribution < 1.29 is 0 Å². The van der Waals surface area contributed by atoms with E-state index >= 15 is 0 Å². The van der Waals surface area contributed by atoms with Crippen LogP contribution in [0.5, 0.6) is 0 Å². The third kappa shape index (κ3) is 5.29. The van der Waals surface area contributed by atoms with Crippen molar-refractivity contribution in [3.8, 4) is 0 Å². The molecule has 0 saturated carbocycles. The van der Waals surface area contributed by atoms with E-state index in [1.54, 1.807) is 5.70 Å². The second kappa shape index (κ2) is 3.26. The van der Waals surface area contributed by atoms with Gasteiger partial charge in [0.25, 0.3) is 0 Å². The number of rotatable bonds is 2. The number of hydrogen-bond donors (Lipinski definition) is 1. The van der Waals surface area contributed by atoms with Gasteiger partial charge in [-0.05, 0) is 20.8 Å². The molecule has 0 aliphatic carbocycles. The molecule has 0 bridgehead atoms. The van der Waals surface area contributed by atoms with Crippen LogP contribution < -0.4 is 4.98 Å². The van der Waals surface area contributed by atoms with Gasteiger partial charge in [-0.15, -0.1) is 28.7 Å². The molecule has 0 aromatic rings. The lowest BCUT2D eigenvalue weighted by molar-refractivity contribution is 0.521. The number of nitrogens with one attached hydrogen (secondary N) is 1. The maximum Gasteiger partial charge on any atom is 0.346 e. The first-order valence-electron chi connectivity index (χ1n) is 3.07. The summed E-state index contributed by atoms with van der Waals surface area (Å²) in [5, 5.41) is 0. The summed E-state index contributed by atoms with van der Waals surface area (Å²) in [6, 6.07) is 0. The Bertz CT molecular complexity index is 128. The number of halogens is 2. The zero-order chi connectivity index (χ0) is 8.41. The predicted molar refractivity (Wildman–Crippen MR) is 50.5 cm³/mol. The van der Waals surface area contributed by atoms with E-state index in [9.17, 15) is 0 Å². The van der Waals surface area contributed by atoms with Crippen molar-refractivity contribution in [2.24, 2.45) is 0 Å². The smallest absolute Gasteiger partial charge is 0.306 e. The fourth-order valence-corrected chi connectivity index (χ4v) is 3.35. The average Bonchev–Trinajstić information content (AvgIpc) is 1.60. The van der Waals surface area contributed by atoms with E-state index in [0.717, 1.165) is 0 Å². The van der Waals surface area contributed by atoms with E-state index in [0.29, 0.717) is 0 Å². The fourth-order valence-electron chi connectivity index (χ4n) is 0.551. The molecular formula is C6H13Cl2NSi. The van der Waals surface area contributed by atoms with E-state index < -0.39 is 6.86 Å². The second-order valence-corrected chi connectivity index (χ2v) is 9.26. The van der Waals surface area contributed by atoms with Gasteiger partial charge in [0, 0.05) is 5.54 Å². The molecule has 0 spiro atoms. The molecule has 0 heterocycles. The SMILES string of the molecule is C=C[Si](Cl)(Cl)NC(C)(C)C. The molecule has 0 aromatic heterocycles. The van der Waals surface area contributed by atoms with E-state index in [1.165, 1.54) is 0 Å². The normalized spacial score (nSPS) is 13.3. The van der Waals surface area contributed by atoms with Crippen LogP contribution >= 0.6 is 22.2 Å². The standard InChI is InChI=1S/C6H13Cl2NSi/c1-5-10(7,8)9-6(2,3)4/h5,9H,1H2,2-4H3. The van der Waals surface area contributed by atoms with Crippen LogP contribution in [0.25, 0.3) is 0 Å². The average molecular weight is 198 g/mol. The van der Waals surface area contributed by atoms with Gasteiger partial charge in [-0.1, -0.05) is 5.70 Å². The molecule has 0 amide bonds. The summed E-state index contributed by atoms with van der Waals surface area (Å²) >= 11 is 11.8. The van der Waals surface area contributed by atoms with Crippen LogP contribution in [0.1, 0.15) is 20.8 Å². The van der Waals surface area contributed by atoms with Crippen LogP contribution in [0.3, 0.4) is 0 Å². The summed E-state index contributed by atoms with van der Waals surface area (Å²) in [6.45, 7) is 7.25. The van der Waals surface area contributed by atoms with Gasteiger partial charge in [0.05, 0.1) is 0 Å². The van der Waals surface area contributed by atoms with Gasteiger partial charge in [0.1, 0.15) is 0 Å². The predicted octanol–water partition coefficient (Wildman–Crippen LogP) is 2.52. The Kier molecular flexibility index (Phi) is 3.42. The monoisotopic (exact) mass is 197 g/mol. The molecule has 0 aliphatic heterocycles.